The van der Waals surface area contributed by atoms with E-state index < -0.39 is 0 Å². The summed E-state index contributed by atoms with van der Waals surface area (Å²) in [6.45, 7) is 2.22. The Morgan fingerprint density at radius 1 is 0.731 bits per heavy atom. The van der Waals surface area contributed by atoms with E-state index in [0.717, 1.165) is 6.42 Å². The lowest BCUT2D eigenvalue weighted by Crippen LogP contribution is -3.10. The summed E-state index contributed by atoms with van der Waals surface area (Å²) in [7, 11) is 2.33. The molecule has 0 fully saturated rings. The first-order chi connectivity index (χ1) is 12.7. The van der Waals surface area contributed by atoms with Crippen molar-refractivity contribution < 1.29 is 4.90 Å². The zero-order chi connectivity index (χ0) is 17.9. The number of hydrogen-bond acceptors (Lipinski definition) is 0. The summed E-state index contributed by atoms with van der Waals surface area (Å²) in [5.41, 5.74) is 7.03. The van der Waals surface area contributed by atoms with E-state index in [-0.39, 0.29) is 0 Å². The van der Waals surface area contributed by atoms with Crippen molar-refractivity contribution in [1.82, 2.24) is 0 Å². The van der Waals surface area contributed by atoms with Crippen LogP contribution in [0.25, 0.3) is 5.57 Å². The molecule has 0 saturated heterocycles. The smallest absolute Gasteiger partial charge is 0.133 e. The number of likely N-dealkylation sites (N-methyl/N-ethyl adjacent to an activating group) is 1. The van der Waals surface area contributed by atoms with Gasteiger partial charge in [-0.1, -0.05) is 84.9 Å². The largest absolute Gasteiger partial charge is 0.321 e. The Bertz CT molecular complexity index is 896. The van der Waals surface area contributed by atoms with Gasteiger partial charge in [0.1, 0.15) is 12.1 Å². The normalized spacial score (nSPS) is 22.7. The Balaban J connectivity index is 1.81. The van der Waals surface area contributed by atoms with E-state index in [2.05, 4.69) is 105 Å². The summed E-state index contributed by atoms with van der Waals surface area (Å²) in [5, 5.41) is 0. The van der Waals surface area contributed by atoms with E-state index >= 15 is 0 Å². The van der Waals surface area contributed by atoms with Crippen LogP contribution in [0.3, 0.4) is 0 Å². The van der Waals surface area contributed by atoms with Crippen LogP contribution in [0.1, 0.15) is 40.8 Å². The number of hydrogen-bond donors (Lipinski definition) is 1. The van der Waals surface area contributed by atoms with Crippen LogP contribution in [-0.2, 0) is 0 Å². The molecule has 0 aliphatic carbocycles. The molecule has 3 atom stereocenters. The van der Waals surface area contributed by atoms with Gasteiger partial charge in [0.25, 0.3) is 0 Å². The highest BCUT2D eigenvalue weighted by molar-refractivity contribution is 5.70. The zero-order valence-electron chi connectivity index (χ0n) is 15.5. The SMILES string of the molecule is Cc1ccccc1C1=C[C@@H](c2ccccc2)[NH+](C)[C@H](c2ccccc2)C1. The second-order valence-electron chi connectivity index (χ2n) is 7.31. The Hall–Kier alpha value is -2.64. The summed E-state index contributed by atoms with van der Waals surface area (Å²) in [4.78, 5) is 1.54. The first kappa shape index (κ1) is 16.8. The number of benzene rings is 3. The van der Waals surface area contributed by atoms with E-state index in [0.29, 0.717) is 12.1 Å². The molecule has 1 aliphatic heterocycles. The zero-order valence-corrected chi connectivity index (χ0v) is 15.5. The molecule has 0 aromatic heterocycles. The first-order valence-corrected chi connectivity index (χ1v) is 9.44. The molecule has 1 aliphatic rings. The van der Waals surface area contributed by atoms with E-state index in [4.69, 9.17) is 0 Å². The summed E-state index contributed by atoms with van der Waals surface area (Å²) >= 11 is 0. The van der Waals surface area contributed by atoms with Gasteiger partial charge in [0.2, 0.25) is 0 Å². The lowest BCUT2D eigenvalue weighted by molar-refractivity contribution is -0.937. The van der Waals surface area contributed by atoms with Crippen LogP contribution in [0, 0.1) is 6.92 Å². The highest BCUT2D eigenvalue weighted by Crippen LogP contribution is 2.34. The number of quaternary nitrogens is 1. The molecule has 0 radical (unpaired) electrons. The van der Waals surface area contributed by atoms with Crippen LogP contribution in [0.4, 0.5) is 0 Å². The molecule has 1 unspecified atom stereocenters. The summed E-state index contributed by atoms with van der Waals surface area (Å²) in [6.07, 6.45) is 3.57. The first-order valence-electron chi connectivity index (χ1n) is 9.44. The summed E-state index contributed by atoms with van der Waals surface area (Å²) in [6, 6.07) is 31.5. The van der Waals surface area contributed by atoms with Gasteiger partial charge in [-0.25, -0.2) is 0 Å². The molecule has 1 N–H and O–H groups in total. The maximum Gasteiger partial charge on any atom is 0.133 e. The molecule has 1 heteroatoms. The highest BCUT2D eigenvalue weighted by Gasteiger charge is 2.34. The fraction of sp³-hybridized carbons (Fsp3) is 0.200. The van der Waals surface area contributed by atoms with Crippen LogP contribution in [0.2, 0.25) is 0 Å². The van der Waals surface area contributed by atoms with E-state index in [1.54, 1.807) is 4.90 Å². The quantitative estimate of drug-likeness (QED) is 0.700. The predicted octanol–water partition coefficient (Wildman–Crippen LogP) is 4.78. The molecule has 26 heavy (non-hydrogen) atoms. The van der Waals surface area contributed by atoms with Gasteiger partial charge in [-0.05, 0) is 29.7 Å². The maximum atomic E-state index is 2.49. The monoisotopic (exact) mass is 340 g/mol. The molecular formula is C25H26N+. The fourth-order valence-electron chi connectivity index (χ4n) is 4.22. The van der Waals surface area contributed by atoms with Gasteiger partial charge in [-0.2, -0.15) is 0 Å². The second-order valence-corrected chi connectivity index (χ2v) is 7.31. The Morgan fingerprint density at radius 3 is 1.96 bits per heavy atom. The third kappa shape index (κ3) is 3.23. The third-order valence-corrected chi connectivity index (χ3v) is 5.68. The Labute approximate surface area is 156 Å². The average molecular weight is 340 g/mol. The molecule has 0 saturated carbocycles. The average Bonchev–Trinajstić information content (AvgIpc) is 2.70. The van der Waals surface area contributed by atoms with Gasteiger partial charge >= 0.3 is 0 Å². The Morgan fingerprint density at radius 2 is 1.31 bits per heavy atom. The fourth-order valence-corrected chi connectivity index (χ4v) is 4.22. The molecule has 0 spiro atoms. The van der Waals surface area contributed by atoms with E-state index in [9.17, 15) is 0 Å². The van der Waals surface area contributed by atoms with Gasteiger partial charge in [-0.15, -0.1) is 0 Å². The van der Waals surface area contributed by atoms with E-state index in [1.165, 1.54) is 27.8 Å². The lowest BCUT2D eigenvalue weighted by atomic mass is 9.84. The predicted molar refractivity (Wildman–Crippen MR) is 109 cm³/mol. The summed E-state index contributed by atoms with van der Waals surface area (Å²) in [5.74, 6) is 0. The van der Waals surface area contributed by atoms with Gasteiger partial charge < -0.3 is 4.90 Å². The molecule has 3 aromatic rings. The van der Waals surface area contributed by atoms with Crippen molar-refractivity contribution >= 4 is 5.57 Å². The summed E-state index contributed by atoms with van der Waals surface area (Å²) < 4.78 is 0. The molecule has 130 valence electrons. The van der Waals surface area contributed by atoms with Gasteiger partial charge in [0.05, 0.1) is 7.05 Å². The topological polar surface area (TPSA) is 4.44 Å². The minimum absolute atomic E-state index is 0.366. The molecule has 1 heterocycles. The van der Waals surface area contributed by atoms with Gasteiger partial charge in [0.15, 0.2) is 0 Å². The molecule has 3 aromatic carbocycles. The number of aryl methyl sites for hydroxylation is 1. The van der Waals surface area contributed by atoms with Crippen molar-refractivity contribution in [1.29, 1.82) is 0 Å². The van der Waals surface area contributed by atoms with E-state index in [1.807, 2.05) is 0 Å². The molecule has 0 amide bonds. The number of rotatable bonds is 3. The lowest BCUT2D eigenvalue weighted by Gasteiger charge is -2.36. The molecule has 0 bridgehead atoms. The maximum absolute atomic E-state index is 2.49. The van der Waals surface area contributed by atoms with Crippen molar-refractivity contribution in [3.05, 3.63) is 113 Å². The van der Waals surface area contributed by atoms with Crippen LogP contribution in [0.15, 0.2) is 91.0 Å². The highest BCUT2D eigenvalue weighted by atomic mass is 15.2. The standard InChI is InChI=1S/C25H25N/c1-19-11-9-10-16-23(19)22-17-24(20-12-5-3-6-13-20)26(2)25(18-22)21-14-7-4-8-15-21/h3-17,24-25H,18H2,1-2H3/p+1/t24-,25-/m0/s1. The van der Waals surface area contributed by atoms with Gasteiger partial charge in [-0.3, -0.25) is 0 Å². The van der Waals surface area contributed by atoms with Crippen molar-refractivity contribution in [2.75, 3.05) is 7.05 Å². The van der Waals surface area contributed by atoms with Gasteiger partial charge in [0, 0.05) is 17.5 Å². The minimum atomic E-state index is 0.366. The minimum Gasteiger partial charge on any atom is -0.321 e. The van der Waals surface area contributed by atoms with Crippen LogP contribution in [0.5, 0.6) is 0 Å². The Kier molecular flexibility index (Phi) is 4.73. The van der Waals surface area contributed by atoms with Crippen molar-refractivity contribution in [3.8, 4) is 0 Å². The number of nitrogens with one attached hydrogen (secondary N) is 1. The van der Waals surface area contributed by atoms with Crippen LogP contribution < -0.4 is 4.90 Å². The van der Waals surface area contributed by atoms with Crippen molar-refractivity contribution in [2.24, 2.45) is 0 Å². The van der Waals surface area contributed by atoms with Crippen molar-refractivity contribution in [2.45, 2.75) is 25.4 Å². The van der Waals surface area contributed by atoms with Crippen LogP contribution in [-0.4, -0.2) is 7.05 Å². The molecule has 1 nitrogen and oxygen atoms in total. The second kappa shape index (κ2) is 7.31. The van der Waals surface area contributed by atoms with Crippen molar-refractivity contribution in [3.63, 3.8) is 0 Å². The van der Waals surface area contributed by atoms with Crippen LogP contribution >= 0.6 is 0 Å². The molecular weight excluding hydrogens is 314 g/mol. The molecule has 4 rings (SSSR count). The third-order valence-electron chi connectivity index (χ3n) is 5.68.